The van der Waals surface area contributed by atoms with Gasteiger partial charge in [-0.25, -0.2) is 9.97 Å². The van der Waals surface area contributed by atoms with Gasteiger partial charge < -0.3 is 25.4 Å². The second kappa shape index (κ2) is 10.0. The molecule has 3 atom stereocenters. The minimum Gasteiger partial charge on any atom is -0.395 e. The van der Waals surface area contributed by atoms with Crippen LogP contribution in [-0.2, 0) is 10.2 Å². The molecule has 2 aromatic carbocycles. The predicted molar refractivity (Wildman–Crippen MR) is 145 cm³/mol. The van der Waals surface area contributed by atoms with E-state index in [0.29, 0.717) is 42.4 Å². The van der Waals surface area contributed by atoms with Crippen LogP contribution in [0, 0.1) is 18.3 Å². The summed E-state index contributed by atoms with van der Waals surface area (Å²) in [5, 5.41) is 26.3. The first-order chi connectivity index (χ1) is 18.2. The molecule has 0 saturated carbocycles. The summed E-state index contributed by atoms with van der Waals surface area (Å²) in [4.78, 5) is 24.3. The first-order valence-corrected chi connectivity index (χ1v) is 12.8. The van der Waals surface area contributed by atoms with E-state index in [0.717, 1.165) is 28.1 Å². The van der Waals surface area contributed by atoms with Crippen molar-refractivity contribution in [2.45, 2.75) is 45.3 Å². The lowest BCUT2D eigenvalue weighted by Crippen LogP contribution is -2.48. The Morgan fingerprint density at radius 2 is 2.05 bits per heavy atom. The molecule has 9 heteroatoms. The van der Waals surface area contributed by atoms with E-state index in [4.69, 9.17) is 9.72 Å². The van der Waals surface area contributed by atoms with Gasteiger partial charge in [0.25, 0.3) is 5.91 Å². The summed E-state index contributed by atoms with van der Waals surface area (Å²) in [6, 6.07) is 13.4. The quantitative estimate of drug-likeness (QED) is 0.469. The summed E-state index contributed by atoms with van der Waals surface area (Å²) in [5.74, 6) is 0.358. The van der Waals surface area contributed by atoms with Gasteiger partial charge in [0.2, 0.25) is 5.95 Å². The van der Waals surface area contributed by atoms with Crippen LogP contribution in [0.1, 0.15) is 47.8 Å². The number of carbonyl (C=O) groups is 1. The third-order valence-corrected chi connectivity index (χ3v) is 7.38. The van der Waals surface area contributed by atoms with Crippen molar-refractivity contribution in [3.05, 3.63) is 64.8 Å². The largest absolute Gasteiger partial charge is 0.395 e. The van der Waals surface area contributed by atoms with E-state index in [9.17, 15) is 15.2 Å². The van der Waals surface area contributed by atoms with Gasteiger partial charge in [-0.3, -0.25) is 4.79 Å². The SMILES string of the molecule is Cc1c(Nc2nccc(-c3cc(C#N)c4c(c3)[C@@](C)(CO)CN4)n2)cccc1C(=O)N1CC(C)OC(C)C1. The van der Waals surface area contributed by atoms with Crippen LogP contribution in [0.5, 0.6) is 0 Å². The number of anilines is 3. The van der Waals surface area contributed by atoms with E-state index in [-0.39, 0.29) is 24.7 Å². The number of fused-ring (bicyclic) bond motifs is 1. The Balaban J connectivity index is 1.44. The molecule has 9 nitrogen and oxygen atoms in total. The van der Waals surface area contributed by atoms with Crippen LogP contribution in [-0.4, -0.2) is 64.3 Å². The molecule has 1 saturated heterocycles. The number of hydrogen-bond donors (Lipinski definition) is 3. The van der Waals surface area contributed by atoms with Crippen molar-refractivity contribution >= 4 is 23.2 Å². The number of amides is 1. The van der Waals surface area contributed by atoms with Crippen LogP contribution in [0.25, 0.3) is 11.3 Å². The molecule has 196 valence electrons. The first kappa shape index (κ1) is 25.6. The van der Waals surface area contributed by atoms with Gasteiger partial charge in [0.15, 0.2) is 0 Å². The fraction of sp³-hybridized carbons (Fsp3) is 0.379. The van der Waals surface area contributed by atoms with Crippen molar-refractivity contribution < 1.29 is 14.6 Å². The number of nitrogens with zero attached hydrogens (tertiary/aromatic N) is 4. The average Bonchev–Trinajstić information content (AvgIpc) is 3.25. The fourth-order valence-corrected chi connectivity index (χ4v) is 5.28. The Morgan fingerprint density at radius 1 is 1.29 bits per heavy atom. The maximum absolute atomic E-state index is 13.3. The molecule has 5 rings (SSSR count). The van der Waals surface area contributed by atoms with E-state index in [1.165, 1.54) is 0 Å². The van der Waals surface area contributed by atoms with Crippen LogP contribution in [0.15, 0.2) is 42.6 Å². The van der Waals surface area contributed by atoms with Gasteiger partial charge in [0.1, 0.15) is 6.07 Å². The Labute approximate surface area is 222 Å². The number of carbonyl (C=O) groups excluding carboxylic acids is 1. The standard InChI is InChI=1S/C29H32N6O3/c1-17-13-35(14-18(2)38-17)27(37)22-6-5-7-24(19(22)3)33-28-31-9-8-25(34-28)20-10-21(12-30)26-23(11-20)29(4,16-36)15-32-26/h5-11,17-18,32,36H,13-16H2,1-4H3,(H,31,33,34)/t17?,18?,29-/m1/s1. The van der Waals surface area contributed by atoms with Crippen molar-refractivity contribution in [2.75, 3.05) is 36.9 Å². The third-order valence-electron chi connectivity index (χ3n) is 7.38. The van der Waals surface area contributed by atoms with Gasteiger partial charge in [-0.05, 0) is 62.2 Å². The van der Waals surface area contributed by atoms with Gasteiger partial charge >= 0.3 is 0 Å². The number of morpholine rings is 1. The van der Waals surface area contributed by atoms with E-state index < -0.39 is 5.41 Å². The zero-order chi connectivity index (χ0) is 27.0. The van der Waals surface area contributed by atoms with Crippen molar-refractivity contribution in [1.29, 1.82) is 5.26 Å². The van der Waals surface area contributed by atoms with Gasteiger partial charge in [0, 0.05) is 48.1 Å². The second-order valence-corrected chi connectivity index (χ2v) is 10.5. The smallest absolute Gasteiger partial charge is 0.254 e. The predicted octanol–water partition coefficient (Wildman–Crippen LogP) is 3.99. The minimum absolute atomic E-state index is 0.00718. The molecular weight excluding hydrogens is 480 g/mol. The summed E-state index contributed by atoms with van der Waals surface area (Å²) in [6.45, 7) is 9.48. The van der Waals surface area contributed by atoms with E-state index in [1.807, 2.05) is 56.9 Å². The van der Waals surface area contributed by atoms with Crippen molar-refractivity contribution in [2.24, 2.45) is 0 Å². The number of aliphatic hydroxyl groups excluding tert-OH is 1. The number of benzene rings is 2. The fourth-order valence-electron chi connectivity index (χ4n) is 5.28. The molecule has 0 radical (unpaired) electrons. The molecule has 1 amide bonds. The minimum atomic E-state index is -0.481. The maximum atomic E-state index is 13.3. The Morgan fingerprint density at radius 3 is 2.76 bits per heavy atom. The normalized spacial score (nSPS) is 22.4. The molecule has 0 spiro atoms. The van der Waals surface area contributed by atoms with E-state index in [1.54, 1.807) is 18.3 Å². The maximum Gasteiger partial charge on any atom is 0.254 e. The highest BCUT2D eigenvalue weighted by atomic mass is 16.5. The van der Waals surface area contributed by atoms with Crippen LogP contribution < -0.4 is 10.6 Å². The van der Waals surface area contributed by atoms with Crippen LogP contribution in [0.2, 0.25) is 0 Å². The van der Waals surface area contributed by atoms with Gasteiger partial charge in [-0.1, -0.05) is 13.0 Å². The first-order valence-electron chi connectivity index (χ1n) is 12.8. The number of aromatic nitrogens is 2. The average molecular weight is 513 g/mol. The number of nitriles is 1. The Kier molecular flexibility index (Phi) is 6.78. The molecule has 0 aliphatic carbocycles. The van der Waals surface area contributed by atoms with Crippen molar-refractivity contribution in [3.63, 3.8) is 0 Å². The molecule has 3 heterocycles. The lowest BCUT2D eigenvalue weighted by molar-refractivity contribution is -0.0586. The van der Waals surface area contributed by atoms with E-state index in [2.05, 4.69) is 21.7 Å². The number of nitrogens with one attached hydrogen (secondary N) is 2. The summed E-state index contributed by atoms with van der Waals surface area (Å²) >= 11 is 0. The van der Waals surface area contributed by atoms with Crippen LogP contribution in [0.3, 0.4) is 0 Å². The monoisotopic (exact) mass is 512 g/mol. The zero-order valence-electron chi connectivity index (χ0n) is 22.1. The lowest BCUT2D eigenvalue weighted by Gasteiger charge is -2.35. The number of hydrogen-bond acceptors (Lipinski definition) is 8. The molecule has 3 N–H and O–H groups in total. The molecule has 2 aliphatic heterocycles. The Bertz CT molecular complexity index is 1420. The van der Waals surface area contributed by atoms with Crippen molar-refractivity contribution in [1.82, 2.24) is 14.9 Å². The molecule has 0 bridgehead atoms. The molecule has 2 aliphatic rings. The number of aliphatic hydroxyl groups is 1. The third kappa shape index (κ3) is 4.69. The summed E-state index contributed by atoms with van der Waals surface area (Å²) in [6.07, 6.45) is 1.65. The Hall–Kier alpha value is -4.00. The second-order valence-electron chi connectivity index (χ2n) is 10.5. The zero-order valence-corrected chi connectivity index (χ0v) is 22.1. The van der Waals surface area contributed by atoms with Gasteiger partial charge in [0.05, 0.1) is 35.8 Å². The molecular formula is C29H32N6O3. The van der Waals surface area contributed by atoms with Crippen LogP contribution >= 0.6 is 0 Å². The molecule has 3 aromatic rings. The topological polar surface area (TPSA) is 123 Å². The van der Waals surface area contributed by atoms with Crippen molar-refractivity contribution in [3.8, 4) is 17.3 Å². The lowest BCUT2D eigenvalue weighted by atomic mass is 9.83. The number of ether oxygens (including phenoxy) is 1. The van der Waals surface area contributed by atoms with Gasteiger partial charge in [-0.15, -0.1) is 0 Å². The highest BCUT2D eigenvalue weighted by Crippen LogP contribution is 2.41. The summed E-state index contributed by atoms with van der Waals surface area (Å²) in [5.41, 5.74) is 5.29. The summed E-state index contributed by atoms with van der Waals surface area (Å²) in [7, 11) is 0. The summed E-state index contributed by atoms with van der Waals surface area (Å²) < 4.78 is 5.78. The molecule has 1 fully saturated rings. The number of rotatable bonds is 5. The van der Waals surface area contributed by atoms with Crippen LogP contribution in [0.4, 0.5) is 17.3 Å². The van der Waals surface area contributed by atoms with Gasteiger partial charge in [-0.2, -0.15) is 5.26 Å². The highest BCUT2D eigenvalue weighted by Gasteiger charge is 2.36. The molecule has 1 aromatic heterocycles. The van der Waals surface area contributed by atoms with E-state index >= 15 is 0 Å². The molecule has 38 heavy (non-hydrogen) atoms. The highest BCUT2D eigenvalue weighted by molar-refractivity contribution is 5.97. The molecule has 2 unspecified atom stereocenters.